The van der Waals surface area contributed by atoms with Gasteiger partial charge in [0.25, 0.3) is 0 Å². The summed E-state index contributed by atoms with van der Waals surface area (Å²) in [7, 11) is 3.28. The summed E-state index contributed by atoms with van der Waals surface area (Å²) in [6, 6.07) is 18.5. The van der Waals surface area contributed by atoms with Gasteiger partial charge in [-0.2, -0.15) is 4.98 Å². The van der Waals surface area contributed by atoms with Crippen LogP contribution in [0.2, 0.25) is 0 Å². The minimum atomic E-state index is -0.113. The van der Waals surface area contributed by atoms with Gasteiger partial charge in [-0.25, -0.2) is 4.52 Å². The summed E-state index contributed by atoms with van der Waals surface area (Å²) in [5, 5.41) is 7.98. The number of allylic oxidation sites excluding steroid dienone is 1. The van der Waals surface area contributed by atoms with Gasteiger partial charge in [0.1, 0.15) is 5.76 Å². The van der Waals surface area contributed by atoms with Crippen LogP contribution in [0.4, 0.5) is 5.95 Å². The molecule has 2 aromatic carbocycles. The van der Waals surface area contributed by atoms with Crippen molar-refractivity contribution in [3.63, 3.8) is 0 Å². The van der Waals surface area contributed by atoms with E-state index in [9.17, 15) is 0 Å². The molecule has 0 fully saturated rings. The van der Waals surface area contributed by atoms with Crippen molar-refractivity contribution >= 4 is 11.6 Å². The van der Waals surface area contributed by atoms with Crippen LogP contribution in [0.25, 0.3) is 28.0 Å². The zero-order chi connectivity index (χ0) is 23.0. The van der Waals surface area contributed by atoms with E-state index in [2.05, 4.69) is 46.1 Å². The van der Waals surface area contributed by atoms with E-state index >= 15 is 0 Å². The molecule has 7 nitrogen and oxygen atoms in total. The summed E-state index contributed by atoms with van der Waals surface area (Å²) in [5.74, 6) is 1.22. The second-order valence-corrected chi connectivity index (χ2v) is 7.38. The summed E-state index contributed by atoms with van der Waals surface area (Å²) >= 11 is 0. The average molecular weight is 442 g/mol. The fourth-order valence-electron chi connectivity index (χ4n) is 3.65. The van der Waals surface area contributed by atoms with Gasteiger partial charge in [-0.05, 0) is 29.7 Å². The average Bonchev–Trinajstić information content (AvgIpc) is 3.30. The molecule has 0 radical (unpaired) electrons. The molecule has 1 atom stereocenters. The van der Waals surface area contributed by atoms with E-state index in [1.807, 2.05) is 47.1 Å². The number of nitrogens with one attached hydrogen (secondary N) is 1. The molecule has 2 aromatic heterocycles. The van der Waals surface area contributed by atoms with Crippen LogP contribution in [-0.2, 0) is 9.47 Å². The lowest BCUT2D eigenvalue weighted by atomic mass is 9.98. The van der Waals surface area contributed by atoms with Gasteiger partial charge in [0.2, 0.25) is 5.95 Å². The molecule has 2 heterocycles. The molecule has 0 saturated carbocycles. The van der Waals surface area contributed by atoms with Crippen molar-refractivity contribution in [3.05, 3.63) is 91.5 Å². The Balaban J connectivity index is 1.58. The SMILES string of the molecule is C=CC(=CC(CCNc1nc2cncc(-c3ccccc3-c3ccccc3)n2n1)OC)OC. The Hall–Kier alpha value is -3.97. The maximum absolute atomic E-state index is 5.51. The van der Waals surface area contributed by atoms with Crippen LogP contribution in [0.15, 0.2) is 91.5 Å². The maximum atomic E-state index is 5.51. The molecule has 168 valence electrons. The molecule has 0 saturated heterocycles. The number of nitrogens with zero attached hydrogens (tertiary/aromatic N) is 4. The van der Waals surface area contributed by atoms with Crippen molar-refractivity contribution in [3.8, 4) is 22.4 Å². The van der Waals surface area contributed by atoms with Gasteiger partial charge in [-0.15, -0.1) is 5.10 Å². The molecule has 0 amide bonds. The lowest BCUT2D eigenvalue weighted by molar-refractivity contribution is 0.132. The van der Waals surface area contributed by atoms with Gasteiger partial charge in [0.05, 0.1) is 31.3 Å². The van der Waals surface area contributed by atoms with Crippen LogP contribution < -0.4 is 5.32 Å². The lowest BCUT2D eigenvalue weighted by Crippen LogP contribution is -2.15. The molecule has 0 aliphatic heterocycles. The Morgan fingerprint density at radius 1 is 1.06 bits per heavy atom. The minimum absolute atomic E-state index is 0.113. The topological polar surface area (TPSA) is 73.6 Å². The molecule has 0 aliphatic rings. The Morgan fingerprint density at radius 3 is 2.55 bits per heavy atom. The first kappa shape index (κ1) is 22.2. The molecule has 4 aromatic rings. The monoisotopic (exact) mass is 441 g/mol. The van der Waals surface area contributed by atoms with E-state index in [0.29, 0.717) is 30.3 Å². The Labute approximate surface area is 193 Å². The van der Waals surface area contributed by atoms with Crippen molar-refractivity contribution in [2.45, 2.75) is 12.5 Å². The van der Waals surface area contributed by atoms with Crippen LogP contribution in [-0.4, -0.2) is 46.5 Å². The number of rotatable bonds is 10. The third-order valence-corrected chi connectivity index (χ3v) is 5.34. The molecule has 0 bridgehead atoms. The summed E-state index contributed by atoms with van der Waals surface area (Å²) in [5.41, 5.74) is 4.84. The van der Waals surface area contributed by atoms with Crippen LogP contribution >= 0.6 is 0 Å². The summed E-state index contributed by atoms with van der Waals surface area (Å²) in [4.78, 5) is 9.01. The number of hydrogen-bond acceptors (Lipinski definition) is 6. The third kappa shape index (κ3) is 5.10. The van der Waals surface area contributed by atoms with Gasteiger partial charge in [0, 0.05) is 19.2 Å². The number of anilines is 1. The molecule has 7 heteroatoms. The maximum Gasteiger partial charge on any atom is 0.243 e. The first-order valence-corrected chi connectivity index (χ1v) is 10.7. The molecular weight excluding hydrogens is 414 g/mol. The number of methoxy groups -OCH3 is 2. The summed E-state index contributed by atoms with van der Waals surface area (Å²) in [6.45, 7) is 4.37. The van der Waals surface area contributed by atoms with Crippen LogP contribution in [0, 0.1) is 0 Å². The molecule has 0 spiro atoms. The van der Waals surface area contributed by atoms with Crippen molar-refractivity contribution in [1.82, 2.24) is 19.6 Å². The predicted octanol–water partition coefficient (Wildman–Crippen LogP) is 4.99. The standard InChI is InChI=1S/C26H27N5O2/c1-4-20(32-2)16-21(33-3)14-15-28-26-29-25-18-27-17-24(31(25)30-26)23-13-9-8-12-22(23)19-10-6-5-7-11-19/h4-13,16-18,21H,1,14-15H2,2-3H3,(H,28,30). The Kier molecular flexibility index (Phi) is 7.12. The van der Waals surface area contributed by atoms with E-state index in [1.165, 1.54) is 0 Å². The molecule has 1 unspecified atom stereocenters. The quantitative estimate of drug-likeness (QED) is 0.276. The largest absolute Gasteiger partial charge is 0.497 e. The van der Waals surface area contributed by atoms with Crippen molar-refractivity contribution in [2.75, 3.05) is 26.1 Å². The first-order chi connectivity index (χ1) is 16.2. The zero-order valence-corrected chi connectivity index (χ0v) is 18.8. The summed E-state index contributed by atoms with van der Waals surface area (Å²) in [6.07, 6.45) is 7.69. The molecule has 4 rings (SSSR count). The van der Waals surface area contributed by atoms with Gasteiger partial charge in [-0.3, -0.25) is 4.98 Å². The zero-order valence-electron chi connectivity index (χ0n) is 18.8. The van der Waals surface area contributed by atoms with Crippen molar-refractivity contribution < 1.29 is 9.47 Å². The highest BCUT2D eigenvalue weighted by Crippen LogP contribution is 2.31. The van der Waals surface area contributed by atoms with Crippen molar-refractivity contribution in [1.29, 1.82) is 0 Å². The van der Waals surface area contributed by atoms with E-state index in [4.69, 9.17) is 14.6 Å². The number of benzene rings is 2. The smallest absolute Gasteiger partial charge is 0.243 e. The first-order valence-electron chi connectivity index (χ1n) is 10.7. The van der Waals surface area contributed by atoms with E-state index in [-0.39, 0.29) is 6.10 Å². The highest BCUT2D eigenvalue weighted by molar-refractivity contribution is 5.82. The van der Waals surface area contributed by atoms with Gasteiger partial charge >= 0.3 is 0 Å². The Bertz CT molecular complexity index is 1250. The van der Waals surface area contributed by atoms with E-state index < -0.39 is 0 Å². The number of fused-ring (bicyclic) bond motifs is 1. The minimum Gasteiger partial charge on any atom is -0.497 e. The fraction of sp³-hybridized carbons (Fsp3) is 0.192. The fourth-order valence-corrected chi connectivity index (χ4v) is 3.65. The normalized spacial score (nSPS) is 12.5. The van der Waals surface area contributed by atoms with Gasteiger partial charge in [-0.1, -0.05) is 61.2 Å². The van der Waals surface area contributed by atoms with E-state index in [1.54, 1.807) is 26.5 Å². The Morgan fingerprint density at radius 2 is 1.82 bits per heavy atom. The second kappa shape index (κ2) is 10.6. The molecule has 33 heavy (non-hydrogen) atoms. The number of ether oxygens (including phenoxy) is 2. The highest BCUT2D eigenvalue weighted by Gasteiger charge is 2.14. The lowest BCUT2D eigenvalue weighted by Gasteiger charge is -2.12. The van der Waals surface area contributed by atoms with E-state index in [0.717, 1.165) is 22.4 Å². The van der Waals surface area contributed by atoms with Crippen molar-refractivity contribution in [2.24, 2.45) is 0 Å². The second-order valence-electron chi connectivity index (χ2n) is 7.38. The van der Waals surface area contributed by atoms with Crippen LogP contribution in [0.5, 0.6) is 0 Å². The molecular formula is C26H27N5O2. The third-order valence-electron chi connectivity index (χ3n) is 5.34. The van der Waals surface area contributed by atoms with Gasteiger partial charge in [0.15, 0.2) is 5.65 Å². The van der Waals surface area contributed by atoms with Crippen LogP contribution in [0.1, 0.15) is 6.42 Å². The van der Waals surface area contributed by atoms with Crippen LogP contribution in [0.3, 0.4) is 0 Å². The van der Waals surface area contributed by atoms with Gasteiger partial charge < -0.3 is 14.8 Å². The predicted molar refractivity (Wildman–Crippen MR) is 131 cm³/mol. The molecule has 1 N–H and O–H groups in total. The number of aromatic nitrogens is 4. The highest BCUT2D eigenvalue weighted by atomic mass is 16.5. The number of hydrogen-bond donors (Lipinski definition) is 1. The molecule has 0 aliphatic carbocycles. The summed E-state index contributed by atoms with van der Waals surface area (Å²) < 4.78 is 12.6.